The molecule has 2 unspecified atom stereocenters. The molecule has 0 aliphatic carbocycles. The van der Waals surface area contributed by atoms with Crippen molar-refractivity contribution in [1.82, 2.24) is 0 Å². The first-order chi connectivity index (χ1) is 18.4. The Morgan fingerprint density at radius 2 is 2.00 bits per heavy atom. The number of fused-ring (bicyclic) bond motifs is 11. The Balaban J connectivity index is 1.31. The van der Waals surface area contributed by atoms with Crippen LogP contribution in [0.5, 0.6) is 0 Å². The highest BCUT2D eigenvalue weighted by molar-refractivity contribution is 7.20. The van der Waals surface area contributed by atoms with Crippen LogP contribution in [0.4, 0.5) is 5.69 Å². The van der Waals surface area contributed by atoms with E-state index >= 15 is 0 Å². The fourth-order valence-corrected chi connectivity index (χ4v) is 8.63. The molecule has 4 aliphatic rings. The zero-order valence-electron chi connectivity index (χ0n) is 21.5. The van der Waals surface area contributed by atoms with Crippen LogP contribution < -0.4 is 9.47 Å². The van der Waals surface area contributed by atoms with Gasteiger partial charge in [0.1, 0.15) is 4.70 Å². The minimum Gasteiger partial charge on any atom is -0.481 e. The third kappa shape index (κ3) is 3.01. The molecule has 0 amide bonds. The first kappa shape index (κ1) is 22.5. The van der Waals surface area contributed by atoms with Crippen molar-refractivity contribution in [1.29, 1.82) is 0 Å². The van der Waals surface area contributed by atoms with E-state index < -0.39 is 5.97 Å². The molecular formula is C32H29N2O3S+. The summed E-state index contributed by atoms with van der Waals surface area (Å²) in [4.78, 5) is 13.9. The van der Waals surface area contributed by atoms with E-state index in [-0.39, 0.29) is 24.0 Å². The van der Waals surface area contributed by atoms with E-state index in [1.54, 1.807) is 0 Å². The standard InChI is InChI=1S/C32H28N2O3S/c1-32(2)23-15-18(16-28(35)36)7-9-24(23)33-13-11-26-21(30(32)33)17-22-27(37-26)12-14-34-25-10-8-19-5-3-4-6-20(19)29(25)38-31(22)34/h3-10,15,17,26-27H,11-14,16H2,1-2H3/p+1. The van der Waals surface area contributed by atoms with E-state index in [1.165, 1.54) is 54.1 Å². The number of hydrogen-bond donors (Lipinski definition) is 1. The first-order valence-electron chi connectivity index (χ1n) is 13.5. The van der Waals surface area contributed by atoms with Crippen LogP contribution in [0.3, 0.4) is 0 Å². The highest BCUT2D eigenvalue weighted by Crippen LogP contribution is 2.53. The second-order valence-electron chi connectivity index (χ2n) is 11.5. The number of benzene rings is 3. The maximum atomic E-state index is 11.4. The van der Waals surface area contributed by atoms with Gasteiger partial charge in [0.05, 0.1) is 24.2 Å². The second kappa shape index (κ2) is 7.78. The Labute approximate surface area is 225 Å². The maximum Gasteiger partial charge on any atom is 0.307 e. The quantitative estimate of drug-likeness (QED) is 0.330. The summed E-state index contributed by atoms with van der Waals surface area (Å²) < 4.78 is 10.7. The van der Waals surface area contributed by atoms with E-state index in [9.17, 15) is 9.90 Å². The van der Waals surface area contributed by atoms with Crippen LogP contribution in [0.15, 0.2) is 71.9 Å². The Bertz CT molecular complexity index is 1760. The van der Waals surface area contributed by atoms with Gasteiger partial charge in [-0.15, -0.1) is 0 Å². The summed E-state index contributed by atoms with van der Waals surface area (Å²) >= 11 is 1.90. The lowest BCUT2D eigenvalue weighted by Crippen LogP contribution is -2.48. The maximum absolute atomic E-state index is 11.4. The van der Waals surface area contributed by atoms with Gasteiger partial charge in [-0.25, -0.2) is 0 Å². The zero-order chi connectivity index (χ0) is 25.8. The molecule has 1 aromatic heterocycles. The molecule has 4 aromatic rings. The molecule has 6 heteroatoms. The molecular weight excluding hydrogens is 492 g/mol. The summed E-state index contributed by atoms with van der Waals surface area (Å²) in [6.45, 7) is 6.45. The summed E-state index contributed by atoms with van der Waals surface area (Å²) in [5, 5.41) is 13.3. The summed E-state index contributed by atoms with van der Waals surface area (Å²) in [6.07, 6.45) is 4.69. The fourth-order valence-electron chi connectivity index (χ4n) is 7.25. The van der Waals surface area contributed by atoms with E-state index in [0.717, 1.165) is 31.5 Å². The van der Waals surface area contributed by atoms with Crippen LogP contribution in [0.25, 0.3) is 26.6 Å². The van der Waals surface area contributed by atoms with Gasteiger partial charge in [0.15, 0.2) is 6.54 Å². The molecule has 4 aliphatic heterocycles. The Hall–Kier alpha value is -3.48. The van der Waals surface area contributed by atoms with E-state index in [4.69, 9.17) is 4.74 Å². The smallest absolute Gasteiger partial charge is 0.307 e. The molecule has 0 saturated carbocycles. The van der Waals surface area contributed by atoms with Crippen molar-refractivity contribution in [3.05, 3.63) is 88.1 Å². The van der Waals surface area contributed by atoms with E-state index in [2.05, 4.69) is 77.9 Å². The number of nitrogens with zero attached hydrogens (tertiary/aromatic N) is 2. The number of allylic oxidation sites excluding steroid dienone is 1. The van der Waals surface area contributed by atoms with Gasteiger partial charge in [0, 0.05) is 46.8 Å². The van der Waals surface area contributed by atoms with Crippen LogP contribution in [0, 0.1) is 0 Å². The van der Waals surface area contributed by atoms with Gasteiger partial charge >= 0.3 is 5.97 Å². The molecule has 0 saturated heterocycles. The number of ether oxygens (including phenoxy) is 1. The Kier molecular flexibility index (Phi) is 4.60. The molecule has 1 N–H and O–H groups in total. The summed E-state index contributed by atoms with van der Waals surface area (Å²) in [6, 6.07) is 19.4. The molecule has 2 atom stereocenters. The Morgan fingerprint density at radius 3 is 2.87 bits per heavy atom. The Morgan fingerprint density at radius 1 is 1.13 bits per heavy atom. The SMILES string of the molecule is CC1(C)C2=C3C=C4c5sc6c7ccccc7ccc6[n+]5CCC4OC3CCN2c2ccc(CC(=O)O)cc21. The van der Waals surface area contributed by atoms with E-state index in [0.29, 0.717) is 0 Å². The molecule has 0 fully saturated rings. The van der Waals surface area contributed by atoms with Crippen LogP contribution in [0.2, 0.25) is 0 Å². The second-order valence-corrected chi connectivity index (χ2v) is 12.5. The van der Waals surface area contributed by atoms with Crippen molar-refractivity contribution < 1.29 is 19.2 Å². The van der Waals surface area contributed by atoms with Gasteiger partial charge in [0.2, 0.25) is 5.52 Å². The van der Waals surface area contributed by atoms with Crippen LogP contribution in [0.1, 0.15) is 42.8 Å². The van der Waals surface area contributed by atoms with Crippen molar-refractivity contribution in [2.24, 2.45) is 0 Å². The molecule has 38 heavy (non-hydrogen) atoms. The number of anilines is 1. The minimum atomic E-state index is -0.793. The molecule has 8 rings (SSSR count). The number of aliphatic carboxylic acids is 1. The van der Waals surface area contributed by atoms with Gasteiger partial charge in [0.25, 0.3) is 5.01 Å². The predicted molar refractivity (Wildman–Crippen MR) is 151 cm³/mol. The lowest BCUT2D eigenvalue weighted by Gasteiger charge is -2.41. The highest BCUT2D eigenvalue weighted by atomic mass is 32.1. The fraction of sp³-hybridized carbons (Fsp3) is 0.312. The van der Waals surface area contributed by atoms with Crippen molar-refractivity contribution >= 4 is 49.6 Å². The van der Waals surface area contributed by atoms with Crippen LogP contribution >= 0.6 is 11.3 Å². The van der Waals surface area contributed by atoms with E-state index in [1.807, 2.05) is 17.4 Å². The topological polar surface area (TPSA) is 53.7 Å². The highest BCUT2D eigenvalue weighted by Gasteiger charge is 2.48. The summed E-state index contributed by atoms with van der Waals surface area (Å²) in [5.41, 5.74) is 8.27. The largest absolute Gasteiger partial charge is 0.481 e. The average molecular weight is 522 g/mol. The lowest BCUT2D eigenvalue weighted by atomic mass is 9.78. The molecule has 5 nitrogen and oxygen atoms in total. The van der Waals surface area contributed by atoms with Gasteiger partial charge < -0.3 is 14.7 Å². The molecule has 190 valence electrons. The monoisotopic (exact) mass is 521 g/mol. The average Bonchev–Trinajstić information content (AvgIpc) is 3.40. The van der Waals surface area contributed by atoms with Gasteiger partial charge in [-0.05, 0) is 41.1 Å². The van der Waals surface area contributed by atoms with Crippen LogP contribution in [-0.4, -0.2) is 29.8 Å². The van der Waals surface area contributed by atoms with Crippen molar-refractivity contribution in [3.63, 3.8) is 0 Å². The number of carboxylic acids is 1. The summed E-state index contributed by atoms with van der Waals surface area (Å²) in [7, 11) is 0. The third-order valence-corrected chi connectivity index (χ3v) is 10.2. The molecule has 5 heterocycles. The molecule has 0 bridgehead atoms. The normalized spacial score (nSPS) is 23.0. The number of aryl methyl sites for hydroxylation is 1. The number of carboxylic acid groups (broad SMARTS) is 1. The minimum absolute atomic E-state index is 0.0490. The van der Waals surface area contributed by atoms with Crippen molar-refractivity contribution in [3.8, 4) is 0 Å². The lowest BCUT2D eigenvalue weighted by molar-refractivity contribution is -0.674. The van der Waals surface area contributed by atoms with Crippen molar-refractivity contribution in [2.45, 2.75) is 57.3 Å². The predicted octanol–water partition coefficient (Wildman–Crippen LogP) is 5.98. The number of aromatic nitrogens is 1. The molecule has 3 aromatic carbocycles. The van der Waals surface area contributed by atoms with Gasteiger partial charge in [-0.2, -0.15) is 4.57 Å². The van der Waals surface area contributed by atoms with Gasteiger partial charge in [-0.3, -0.25) is 4.79 Å². The first-order valence-corrected chi connectivity index (χ1v) is 14.3. The number of thiazole rings is 1. The third-order valence-electron chi connectivity index (χ3n) is 8.92. The molecule has 0 spiro atoms. The zero-order valence-corrected chi connectivity index (χ0v) is 22.3. The summed E-state index contributed by atoms with van der Waals surface area (Å²) in [5.74, 6) is -0.793. The molecule has 0 radical (unpaired) electrons. The number of carbonyl (C=O) groups is 1. The van der Waals surface area contributed by atoms with Gasteiger partial charge in [-0.1, -0.05) is 61.6 Å². The van der Waals surface area contributed by atoms with Crippen LogP contribution in [-0.2, 0) is 27.9 Å². The number of rotatable bonds is 2. The number of hydrogen-bond acceptors (Lipinski definition) is 4. The van der Waals surface area contributed by atoms with Crippen molar-refractivity contribution in [2.75, 3.05) is 11.4 Å².